The molecule has 3 rings (SSSR count). The van der Waals surface area contributed by atoms with E-state index in [-0.39, 0.29) is 25.2 Å². The van der Waals surface area contributed by atoms with Crippen LogP contribution in [0.25, 0.3) is 0 Å². The molecule has 2 fully saturated rings. The second-order valence-corrected chi connectivity index (χ2v) is 5.70. The topological polar surface area (TPSA) is 89.9 Å². The largest absolute Gasteiger partial charge is 0.394 e. The van der Waals surface area contributed by atoms with Crippen LogP contribution in [0.3, 0.4) is 0 Å². The molecule has 1 aromatic rings. The molecule has 2 heterocycles. The quantitative estimate of drug-likeness (QED) is 0.731. The number of piperazine rings is 2. The molecule has 3 amide bonds. The molecule has 2 aliphatic heterocycles. The second-order valence-electron chi connectivity index (χ2n) is 5.70. The Labute approximate surface area is 135 Å². The Kier molecular flexibility index (Phi) is 4.18. The van der Waals surface area contributed by atoms with Crippen LogP contribution < -0.4 is 5.32 Å². The van der Waals surface area contributed by atoms with Crippen LogP contribution in [0.5, 0.6) is 0 Å². The minimum Gasteiger partial charge on any atom is -0.394 e. The van der Waals surface area contributed by atoms with Crippen LogP contribution in [0.1, 0.15) is 10.4 Å². The van der Waals surface area contributed by atoms with Gasteiger partial charge in [-0.3, -0.25) is 14.4 Å². The highest BCUT2D eigenvalue weighted by Crippen LogP contribution is 2.19. The van der Waals surface area contributed by atoms with Gasteiger partial charge in [0.1, 0.15) is 23.7 Å². The van der Waals surface area contributed by atoms with E-state index in [1.54, 1.807) is 0 Å². The maximum absolute atomic E-state index is 13.3. The van der Waals surface area contributed by atoms with Gasteiger partial charge in [-0.1, -0.05) is 0 Å². The molecule has 0 bridgehead atoms. The zero-order chi connectivity index (χ0) is 17.4. The summed E-state index contributed by atoms with van der Waals surface area (Å²) in [5.41, 5.74) is -0.156. The van der Waals surface area contributed by atoms with Gasteiger partial charge in [0.05, 0.1) is 13.2 Å². The molecule has 0 aliphatic carbocycles. The molecule has 0 radical (unpaired) electrons. The van der Waals surface area contributed by atoms with Gasteiger partial charge in [0.15, 0.2) is 0 Å². The van der Waals surface area contributed by atoms with Gasteiger partial charge in [0.2, 0.25) is 11.8 Å². The van der Waals surface area contributed by atoms with Crippen LogP contribution in [0, 0.1) is 11.6 Å². The van der Waals surface area contributed by atoms with Gasteiger partial charge in [-0.2, -0.15) is 0 Å². The van der Waals surface area contributed by atoms with Gasteiger partial charge in [-0.15, -0.1) is 0 Å². The van der Waals surface area contributed by atoms with Crippen molar-refractivity contribution >= 4 is 17.7 Å². The fourth-order valence-corrected chi connectivity index (χ4v) is 2.97. The predicted molar refractivity (Wildman–Crippen MR) is 76.8 cm³/mol. The highest BCUT2D eigenvalue weighted by molar-refractivity contribution is 5.99. The number of halogens is 2. The number of nitrogens with one attached hydrogen (secondary N) is 1. The summed E-state index contributed by atoms with van der Waals surface area (Å²) in [5.74, 6) is -3.23. The molecule has 24 heavy (non-hydrogen) atoms. The van der Waals surface area contributed by atoms with Crippen molar-refractivity contribution < 1.29 is 28.3 Å². The molecule has 2 atom stereocenters. The number of carbonyl (C=O) groups excluding carboxylic acids is 3. The van der Waals surface area contributed by atoms with Crippen molar-refractivity contribution in [2.75, 3.05) is 26.2 Å². The van der Waals surface area contributed by atoms with Gasteiger partial charge in [-0.05, 0) is 12.1 Å². The average molecular weight is 339 g/mol. The van der Waals surface area contributed by atoms with E-state index in [1.165, 1.54) is 9.80 Å². The number of hydrogen-bond donors (Lipinski definition) is 2. The number of aliphatic hydroxyl groups is 1. The predicted octanol–water partition coefficient (Wildman–Crippen LogP) is -0.891. The van der Waals surface area contributed by atoms with Crippen LogP contribution in [-0.4, -0.2) is 71.0 Å². The summed E-state index contributed by atoms with van der Waals surface area (Å²) < 4.78 is 26.5. The van der Waals surface area contributed by atoms with Crippen LogP contribution in [0.4, 0.5) is 8.78 Å². The summed E-state index contributed by atoms with van der Waals surface area (Å²) in [6, 6.07) is 0.652. The monoisotopic (exact) mass is 339 g/mol. The van der Waals surface area contributed by atoms with Crippen molar-refractivity contribution in [3.63, 3.8) is 0 Å². The van der Waals surface area contributed by atoms with Crippen LogP contribution in [0.2, 0.25) is 0 Å². The maximum Gasteiger partial charge on any atom is 0.254 e. The molecule has 2 N–H and O–H groups in total. The molecule has 128 valence electrons. The first kappa shape index (κ1) is 16.3. The Morgan fingerprint density at radius 1 is 1.21 bits per heavy atom. The molecular weight excluding hydrogens is 324 g/mol. The van der Waals surface area contributed by atoms with E-state index in [4.69, 9.17) is 5.11 Å². The lowest BCUT2D eigenvalue weighted by Gasteiger charge is -2.44. The van der Waals surface area contributed by atoms with Crippen LogP contribution in [0.15, 0.2) is 18.2 Å². The highest BCUT2D eigenvalue weighted by atomic mass is 19.1. The Bertz CT molecular complexity index is 692. The first-order valence-electron chi connectivity index (χ1n) is 7.38. The minimum absolute atomic E-state index is 0.0767. The molecule has 2 aliphatic rings. The Hall–Kier alpha value is -2.55. The summed E-state index contributed by atoms with van der Waals surface area (Å²) in [6.45, 7) is -0.340. The number of fused-ring (bicyclic) bond motifs is 1. The molecule has 0 aromatic heterocycles. The number of carbonyl (C=O) groups is 3. The third kappa shape index (κ3) is 2.82. The average Bonchev–Trinajstić information content (AvgIpc) is 2.56. The van der Waals surface area contributed by atoms with Crippen molar-refractivity contribution in [3.05, 3.63) is 35.4 Å². The lowest BCUT2D eigenvalue weighted by molar-refractivity contribution is -0.153. The fourth-order valence-electron chi connectivity index (χ4n) is 2.97. The molecule has 2 saturated heterocycles. The lowest BCUT2D eigenvalue weighted by atomic mass is 10.0. The number of nitrogens with zero attached hydrogens (tertiary/aromatic N) is 2. The van der Waals surface area contributed by atoms with Gasteiger partial charge in [0.25, 0.3) is 5.91 Å². The van der Waals surface area contributed by atoms with Crippen molar-refractivity contribution in [2.24, 2.45) is 0 Å². The first-order chi connectivity index (χ1) is 11.4. The summed E-state index contributed by atoms with van der Waals surface area (Å²) in [6.07, 6.45) is 0. The number of aliphatic hydroxyl groups excluding tert-OH is 1. The summed E-state index contributed by atoms with van der Waals surface area (Å²) >= 11 is 0. The normalized spacial score (nSPS) is 23.8. The van der Waals surface area contributed by atoms with Gasteiger partial charge >= 0.3 is 0 Å². The lowest BCUT2D eigenvalue weighted by Crippen LogP contribution is -2.70. The molecule has 0 spiro atoms. The van der Waals surface area contributed by atoms with E-state index in [1.807, 2.05) is 0 Å². The summed E-state index contributed by atoms with van der Waals surface area (Å²) in [5, 5.41) is 11.5. The van der Waals surface area contributed by atoms with E-state index in [2.05, 4.69) is 5.32 Å². The summed E-state index contributed by atoms with van der Waals surface area (Å²) in [4.78, 5) is 39.2. The molecule has 0 unspecified atom stereocenters. The van der Waals surface area contributed by atoms with Crippen molar-refractivity contribution in [1.82, 2.24) is 15.1 Å². The van der Waals surface area contributed by atoms with E-state index < -0.39 is 48.0 Å². The number of amides is 3. The second kappa shape index (κ2) is 6.16. The Balaban J connectivity index is 1.78. The zero-order valence-corrected chi connectivity index (χ0v) is 12.5. The minimum atomic E-state index is -0.978. The van der Waals surface area contributed by atoms with Crippen LogP contribution in [-0.2, 0) is 9.59 Å². The van der Waals surface area contributed by atoms with E-state index in [9.17, 15) is 23.2 Å². The maximum atomic E-state index is 13.3. The van der Waals surface area contributed by atoms with Crippen LogP contribution >= 0.6 is 0 Å². The van der Waals surface area contributed by atoms with Gasteiger partial charge in [-0.25, -0.2) is 8.78 Å². The van der Waals surface area contributed by atoms with Crippen molar-refractivity contribution in [2.45, 2.75) is 12.1 Å². The smallest absolute Gasteiger partial charge is 0.254 e. The molecule has 9 heteroatoms. The van der Waals surface area contributed by atoms with Crippen molar-refractivity contribution in [3.8, 4) is 0 Å². The molecule has 1 aromatic carbocycles. The Morgan fingerprint density at radius 2 is 1.88 bits per heavy atom. The van der Waals surface area contributed by atoms with Crippen molar-refractivity contribution in [1.29, 1.82) is 0 Å². The fraction of sp³-hybridized carbons (Fsp3) is 0.400. The molecule has 0 saturated carbocycles. The third-order valence-electron chi connectivity index (χ3n) is 4.16. The SMILES string of the molecule is O=C1N[C@@H](CO)C(=O)N2CCN(C(=O)c3cc(F)cc(F)c3)C[C@H]12. The molecule has 7 nitrogen and oxygen atoms in total. The van der Waals surface area contributed by atoms with Gasteiger partial charge in [0, 0.05) is 24.7 Å². The van der Waals surface area contributed by atoms with E-state index >= 15 is 0 Å². The Morgan fingerprint density at radius 3 is 2.50 bits per heavy atom. The molecular formula is C15H15F2N3O4. The van der Waals surface area contributed by atoms with Gasteiger partial charge < -0.3 is 20.2 Å². The number of rotatable bonds is 2. The van der Waals surface area contributed by atoms with E-state index in [0.29, 0.717) is 6.07 Å². The number of hydrogen-bond acceptors (Lipinski definition) is 4. The summed E-state index contributed by atoms with van der Waals surface area (Å²) in [7, 11) is 0. The first-order valence-corrected chi connectivity index (χ1v) is 7.38. The highest BCUT2D eigenvalue weighted by Gasteiger charge is 2.44. The standard InChI is InChI=1S/C15H15F2N3O4/c16-9-3-8(4-10(17)5-9)14(23)19-1-2-20-12(6-19)13(22)18-11(7-21)15(20)24/h3-5,11-12,21H,1-2,6-7H2,(H,18,22)/t11-,12+/m0/s1. The number of benzene rings is 1. The van der Waals surface area contributed by atoms with E-state index in [0.717, 1.165) is 12.1 Å². The zero-order valence-electron chi connectivity index (χ0n) is 12.5. The third-order valence-corrected chi connectivity index (χ3v) is 4.16.